The topological polar surface area (TPSA) is 32.3 Å². The fourth-order valence-corrected chi connectivity index (χ4v) is 3.48. The SMILES string of the molecule is CN(CCc1ccc(F)cc1)c1cc(N2CCSCC2)ncn1. The first kappa shape index (κ1) is 16.1. The van der Waals surface area contributed by atoms with Crippen LogP contribution in [-0.2, 0) is 6.42 Å². The number of hydrogen-bond donors (Lipinski definition) is 0. The fourth-order valence-electron chi connectivity index (χ4n) is 2.57. The van der Waals surface area contributed by atoms with Gasteiger partial charge in [0.2, 0.25) is 0 Å². The summed E-state index contributed by atoms with van der Waals surface area (Å²) < 4.78 is 12.9. The highest BCUT2D eigenvalue weighted by atomic mass is 32.2. The van der Waals surface area contributed by atoms with Crippen molar-refractivity contribution in [1.82, 2.24) is 9.97 Å². The van der Waals surface area contributed by atoms with Crippen molar-refractivity contribution in [1.29, 1.82) is 0 Å². The van der Waals surface area contributed by atoms with E-state index in [1.54, 1.807) is 6.33 Å². The van der Waals surface area contributed by atoms with Crippen molar-refractivity contribution >= 4 is 23.4 Å². The van der Waals surface area contributed by atoms with Crippen molar-refractivity contribution in [2.45, 2.75) is 6.42 Å². The maximum Gasteiger partial charge on any atom is 0.134 e. The Kier molecular flexibility index (Phi) is 5.33. The molecule has 2 aromatic rings. The van der Waals surface area contributed by atoms with Gasteiger partial charge < -0.3 is 9.80 Å². The molecular weight excluding hydrogens is 311 g/mol. The lowest BCUT2D eigenvalue weighted by atomic mass is 10.1. The quantitative estimate of drug-likeness (QED) is 0.841. The van der Waals surface area contributed by atoms with E-state index in [0.29, 0.717) is 0 Å². The minimum Gasteiger partial charge on any atom is -0.359 e. The van der Waals surface area contributed by atoms with Gasteiger partial charge in [0.05, 0.1) is 0 Å². The molecule has 2 heterocycles. The van der Waals surface area contributed by atoms with Crippen molar-refractivity contribution in [3.8, 4) is 0 Å². The molecule has 0 amide bonds. The minimum absolute atomic E-state index is 0.192. The number of halogens is 1. The van der Waals surface area contributed by atoms with Crippen molar-refractivity contribution in [3.63, 3.8) is 0 Å². The van der Waals surface area contributed by atoms with Gasteiger partial charge in [-0.2, -0.15) is 11.8 Å². The van der Waals surface area contributed by atoms with Crippen LogP contribution < -0.4 is 9.80 Å². The molecule has 0 N–H and O–H groups in total. The number of nitrogens with zero attached hydrogens (tertiary/aromatic N) is 4. The number of aromatic nitrogens is 2. The first-order chi connectivity index (χ1) is 11.2. The van der Waals surface area contributed by atoms with E-state index in [1.807, 2.05) is 30.9 Å². The molecule has 3 rings (SSSR count). The molecular formula is C17H21FN4S. The van der Waals surface area contributed by atoms with Crippen LogP contribution in [0, 0.1) is 5.82 Å². The summed E-state index contributed by atoms with van der Waals surface area (Å²) in [6, 6.07) is 8.74. The summed E-state index contributed by atoms with van der Waals surface area (Å²) in [6.07, 6.45) is 2.50. The normalized spacial score (nSPS) is 14.8. The Hall–Kier alpha value is -1.82. The number of hydrogen-bond acceptors (Lipinski definition) is 5. The average molecular weight is 332 g/mol. The van der Waals surface area contributed by atoms with Gasteiger partial charge in [-0.15, -0.1) is 0 Å². The zero-order valence-corrected chi connectivity index (χ0v) is 14.1. The van der Waals surface area contributed by atoms with Gasteiger partial charge in [0.1, 0.15) is 23.8 Å². The Morgan fingerprint density at radius 3 is 2.65 bits per heavy atom. The Balaban J connectivity index is 1.62. The summed E-state index contributed by atoms with van der Waals surface area (Å²) in [5.41, 5.74) is 1.13. The molecule has 23 heavy (non-hydrogen) atoms. The molecule has 0 bridgehead atoms. The summed E-state index contributed by atoms with van der Waals surface area (Å²) >= 11 is 1.99. The highest BCUT2D eigenvalue weighted by Crippen LogP contribution is 2.20. The monoisotopic (exact) mass is 332 g/mol. The van der Waals surface area contributed by atoms with Gasteiger partial charge in [0.15, 0.2) is 0 Å². The predicted molar refractivity (Wildman–Crippen MR) is 94.9 cm³/mol. The Morgan fingerprint density at radius 1 is 1.17 bits per heavy atom. The Morgan fingerprint density at radius 2 is 1.91 bits per heavy atom. The zero-order valence-electron chi connectivity index (χ0n) is 13.3. The standard InChI is InChI=1S/C17H21FN4S/c1-21(7-6-14-2-4-15(18)5-3-14)16-12-17(20-13-19-16)22-8-10-23-11-9-22/h2-5,12-13H,6-11H2,1H3. The van der Waals surface area contributed by atoms with Crippen LogP contribution in [0.4, 0.5) is 16.0 Å². The summed E-state index contributed by atoms with van der Waals surface area (Å²) in [6.45, 7) is 2.92. The summed E-state index contributed by atoms with van der Waals surface area (Å²) in [4.78, 5) is 13.2. The van der Waals surface area contributed by atoms with Crippen LogP contribution in [0.2, 0.25) is 0 Å². The number of anilines is 2. The number of likely N-dealkylation sites (N-methyl/N-ethyl adjacent to an activating group) is 1. The lowest BCUT2D eigenvalue weighted by molar-refractivity contribution is 0.627. The van der Waals surface area contributed by atoms with Gasteiger partial charge in [0, 0.05) is 44.3 Å². The summed E-state index contributed by atoms with van der Waals surface area (Å²) in [7, 11) is 2.03. The molecule has 0 unspecified atom stereocenters. The van der Waals surface area contributed by atoms with Gasteiger partial charge >= 0.3 is 0 Å². The molecule has 0 spiro atoms. The largest absolute Gasteiger partial charge is 0.359 e. The van der Waals surface area contributed by atoms with Crippen molar-refractivity contribution in [2.24, 2.45) is 0 Å². The molecule has 0 saturated carbocycles. The lowest BCUT2D eigenvalue weighted by Gasteiger charge is -2.28. The molecule has 0 aliphatic carbocycles. The van der Waals surface area contributed by atoms with Gasteiger partial charge in [-0.1, -0.05) is 12.1 Å². The highest BCUT2D eigenvalue weighted by molar-refractivity contribution is 7.99. The average Bonchev–Trinajstić information content (AvgIpc) is 2.62. The van der Waals surface area contributed by atoms with Crippen LogP contribution >= 0.6 is 11.8 Å². The van der Waals surface area contributed by atoms with E-state index in [-0.39, 0.29) is 5.82 Å². The maximum atomic E-state index is 12.9. The molecule has 122 valence electrons. The van der Waals surface area contributed by atoms with Crippen LogP contribution in [0.25, 0.3) is 0 Å². The molecule has 1 aliphatic rings. The fraction of sp³-hybridized carbons (Fsp3) is 0.412. The second-order valence-corrected chi connectivity index (χ2v) is 6.86. The summed E-state index contributed by atoms with van der Waals surface area (Å²) in [5, 5.41) is 0. The molecule has 1 aliphatic heterocycles. The van der Waals surface area contributed by atoms with E-state index < -0.39 is 0 Å². The minimum atomic E-state index is -0.192. The molecule has 4 nitrogen and oxygen atoms in total. The van der Waals surface area contributed by atoms with Gasteiger partial charge in [-0.05, 0) is 24.1 Å². The highest BCUT2D eigenvalue weighted by Gasteiger charge is 2.14. The second kappa shape index (κ2) is 7.64. The van der Waals surface area contributed by atoms with E-state index in [4.69, 9.17) is 0 Å². The van der Waals surface area contributed by atoms with Crippen LogP contribution in [-0.4, -0.2) is 48.2 Å². The predicted octanol–water partition coefficient (Wildman–Crippen LogP) is 2.85. The Bertz CT molecular complexity index is 629. The first-order valence-electron chi connectivity index (χ1n) is 7.83. The van der Waals surface area contributed by atoms with E-state index >= 15 is 0 Å². The van der Waals surface area contributed by atoms with Crippen LogP contribution in [0.1, 0.15) is 5.56 Å². The maximum absolute atomic E-state index is 12.9. The third-order valence-electron chi connectivity index (χ3n) is 4.01. The third kappa shape index (κ3) is 4.34. The molecule has 0 atom stereocenters. The van der Waals surface area contributed by atoms with Crippen molar-refractivity contribution in [2.75, 3.05) is 48.0 Å². The molecule has 1 fully saturated rings. The molecule has 6 heteroatoms. The Labute approximate surface area is 140 Å². The third-order valence-corrected chi connectivity index (χ3v) is 4.96. The van der Waals surface area contributed by atoms with Gasteiger partial charge in [-0.25, -0.2) is 14.4 Å². The van der Waals surface area contributed by atoms with Crippen LogP contribution in [0.5, 0.6) is 0 Å². The number of rotatable bonds is 5. The van der Waals surface area contributed by atoms with Gasteiger partial charge in [-0.3, -0.25) is 0 Å². The summed E-state index contributed by atoms with van der Waals surface area (Å²) in [5.74, 6) is 4.04. The molecule has 1 aromatic carbocycles. The van der Waals surface area contributed by atoms with Gasteiger partial charge in [0.25, 0.3) is 0 Å². The van der Waals surface area contributed by atoms with Crippen LogP contribution in [0.3, 0.4) is 0 Å². The van der Waals surface area contributed by atoms with E-state index in [1.165, 1.54) is 12.1 Å². The number of benzene rings is 1. The van der Waals surface area contributed by atoms with Crippen LogP contribution in [0.15, 0.2) is 36.7 Å². The molecule has 0 radical (unpaired) electrons. The molecule has 1 saturated heterocycles. The second-order valence-electron chi connectivity index (χ2n) is 5.63. The van der Waals surface area contributed by atoms with E-state index in [9.17, 15) is 4.39 Å². The lowest BCUT2D eigenvalue weighted by Crippen LogP contribution is -2.33. The number of thioether (sulfide) groups is 1. The smallest absolute Gasteiger partial charge is 0.134 e. The van der Waals surface area contributed by atoms with E-state index in [2.05, 4.69) is 25.8 Å². The molecule has 1 aromatic heterocycles. The first-order valence-corrected chi connectivity index (χ1v) is 8.98. The van der Waals surface area contributed by atoms with Crippen molar-refractivity contribution in [3.05, 3.63) is 48.0 Å². The van der Waals surface area contributed by atoms with E-state index in [0.717, 1.165) is 54.8 Å². The van der Waals surface area contributed by atoms with Crippen molar-refractivity contribution < 1.29 is 4.39 Å². The zero-order chi connectivity index (χ0) is 16.1.